The molecule has 27 nitrogen and oxygen atoms in total. The summed E-state index contributed by atoms with van der Waals surface area (Å²) in [6.07, 6.45) is -32.7. The van der Waals surface area contributed by atoms with Gasteiger partial charge in [0.2, 0.25) is 5.91 Å². The van der Waals surface area contributed by atoms with Gasteiger partial charge in [-0.05, 0) is 63.8 Å². The van der Waals surface area contributed by atoms with Gasteiger partial charge in [0.25, 0.3) is 0 Å². The van der Waals surface area contributed by atoms with Crippen LogP contribution in [0.3, 0.4) is 0 Å². The summed E-state index contributed by atoms with van der Waals surface area (Å²) in [5, 5.41) is 75.3. The van der Waals surface area contributed by atoms with Crippen LogP contribution in [0.1, 0.15) is 51.4 Å². The Kier molecular flexibility index (Phi) is 43.6. The molecule has 0 radical (unpaired) electrons. The molecule has 0 aromatic carbocycles. The maximum absolute atomic E-state index is 13.7. The fourth-order valence-electron chi connectivity index (χ4n) is 7.52. The second-order valence-electron chi connectivity index (χ2n) is 20.2. The van der Waals surface area contributed by atoms with Crippen LogP contribution in [0.4, 0.5) is 52.7 Å². The van der Waals surface area contributed by atoms with Gasteiger partial charge in [0.1, 0.15) is 63.1 Å². The van der Waals surface area contributed by atoms with Gasteiger partial charge in [-0.25, -0.2) is 18.9 Å². The lowest BCUT2D eigenvalue weighted by Gasteiger charge is -2.26. The maximum Gasteiger partial charge on any atom is 0.495 e. The number of nitrogens with two attached hydrogens (primary N) is 2. The molecule has 0 aromatic heterocycles. The molecule has 2 saturated carbocycles. The van der Waals surface area contributed by atoms with E-state index in [1.807, 2.05) is 0 Å². The highest BCUT2D eigenvalue weighted by Gasteiger charge is 2.54. The molecule has 1 amide bonds. The van der Waals surface area contributed by atoms with Crippen molar-refractivity contribution in [2.45, 2.75) is 137 Å². The summed E-state index contributed by atoms with van der Waals surface area (Å²) < 4.78 is 235. The number of primary amides is 1. The molecule has 39 heteroatoms. The number of alkyl halides is 12. The molecule has 2 aliphatic rings. The van der Waals surface area contributed by atoms with Crippen molar-refractivity contribution in [2.24, 2.45) is 23.3 Å². The predicted molar refractivity (Wildman–Crippen MR) is 274 cm³/mol. The van der Waals surface area contributed by atoms with Gasteiger partial charge in [-0.1, -0.05) is 0 Å². The quantitative estimate of drug-likeness (QED) is 0.0224. The Morgan fingerprint density at radius 3 is 1.01 bits per heavy atom. The molecular weight excluding hydrogens is 1260 g/mol. The Balaban J connectivity index is 0.000000890. The van der Waals surface area contributed by atoms with E-state index in [0.717, 1.165) is 19.3 Å². The van der Waals surface area contributed by atoms with E-state index >= 15 is 0 Å². The number of hydrogen-bond donors (Lipinski definition) is 10. The van der Waals surface area contributed by atoms with Crippen LogP contribution in [0.15, 0.2) is 0 Å². The molecule has 12 N–H and O–H groups in total. The third kappa shape index (κ3) is 46.4. The first-order valence-corrected chi connectivity index (χ1v) is 28.1. The van der Waals surface area contributed by atoms with E-state index in [0.29, 0.717) is 44.6 Å². The Hall–Kier alpha value is -2.37. The molecule has 0 saturated heterocycles. The van der Waals surface area contributed by atoms with Gasteiger partial charge < -0.3 is 109 Å². The smallest absolute Gasteiger partial charge is 0.396 e. The number of aliphatic hydroxyl groups excluding tert-OH is 8. The fraction of sp³-hybridized carbons (Fsp3) is 0.980. The number of amides is 1. The van der Waals surface area contributed by atoms with Gasteiger partial charge >= 0.3 is 37.0 Å². The predicted octanol–water partition coefficient (Wildman–Crippen LogP) is 0.422. The zero-order valence-electron chi connectivity index (χ0n) is 48.8. The summed E-state index contributed by atoms with van der Waals surface area (Å²) in [7, 11) is 0. The Morgan fingerprint density at radius 1 is 0.393 bits per heavy atom. The van der Waals surface area contributed by atoms with E-state index in [1.165, 1.54) is 0 Å². The van der Waals surface area contributed by atoms with Crippen molar-refractivity contribution >= 4 is 5.91 Å². The SMILES string of the molecule is NC(=O)C1CCC(OCC(O)COCCOCC(F)(F)OC(F)(F)OC(F)(F)COCC(O)COCC(O)COCCCO)C1.NCC1CCC(OCC(O)COCCOCC(F)(F)OC(F)(F)OC(F)(F)COCC(O)COCC(O)COCCCO)C1. The Bertz CT molecular complexity index is 1780. The molecule has 89 heavy (non-hydrogen) atoms. The molecule has 532 valence electrons. The van der Waals surface area contributed by atoms with E-state index in [2.05, 4.69) is 37.9 Å². The minimum absolute atomic E-state index is 0.0105. The molecule has 0 bridgehead atoms. The Morgan fingerprint density at radius 2 is 0.685 bits per heavy atom. The molecular formula is C50H88F12N2O25. The highest BCUT2D eigenvalue weighted by Crippen LogP contribution is 2.36. The van der Waals surface area contributed by atoms with Crippen LogP contribution >= 0.6 is 0 Å². The number of carbonyl (C=O) groups excluding carboxylic acids is 1. The second-order valence-corrected chi connectivity index (χ2v) is 20.2. The summed E-state index contributed by atoms with van der Waals surface area (Å²) in [6, 6.07) is 0. The zero-order valence-corrected chi connectivity index (χ0v) is 48.8. The fourth-order valence-corrected chi connectivity index (χ4v) is 7.52. The number of ether oxygens (including phenoxy) is 16. The number of rotatable bonds is 56. The molecule has 2 fully saturated rings. The van der Waals surface area contributed by atoms with Crippen molar-refractivity contribution in [3.8, 4) is 0 Å². The van der Waals surface area contributed by atoms with Gasteiger partial charge in [0.15, 0.2) is 0 Å². The topological polar surface area (TPSA) is 379 Å². The van der Waals surface area contributed by atoms with Crippen LogP contribution in [0.25, 0.3) is 0 Å². The summed E-state index contributed by atoms with van der Waals surface area (Å²) in [5.41, 5.74) is 10.8. The average Bonchev–Trinajstić information content (AvgIpc) is 4.32. The maximum atomic E-state index is 13.7. The first kappa shape index (κ1) is 84.6. The lowest BCUT2D eigenvalue weighted by atomic mass is 10.1. The van der Waals surface area contributed by atoms with Crippen LogP contribution in [0.2, 0.25) is 0 Å². The monoisotopic (exact) mass is 1340 g/mol. The molecule has 0 aliphatic heterocycles. The molecule has 2 aliphatic carbocycles. The van der Waals surface area contributed by atoms with Crippen molar-refractivity contribution in [3.63, 3.8) is 0 Å². The van der Waals surface area contributed by atoms with Crippen molar-refractivity contribution in [1.29, 1.82) is 0 Å². The third-order valence-electron chi connectivity index (χ3n) is 11.6. The largest absolute Gasteiger partial charge is 0.495 e. The minimum Gasteiger partial charge on any atom is -0.396 e. The summed E-state index contributed by atoms with van der Waals surface area (Å²) in [6.45, 7) is -12.3. The highest BCUT2D eigenvalue weighted by molar-refractivity contribution is 5.76. The number of hydrogen-bond acceptors (Lipinski definition) is 26. The number of aliphatic hydroxyl groups is 8. The van der Waals surface area contributed by atoms with E-state index in [4.69, 9.17) is 59.6 Å². The summed E-state index contributed by atoms with van der Waals surface area (Å²) >= 11 is 0. The second kappa shape index (κ2) is 45.9. The third-order valence-corrected chi connectivity index (χ3v) is 11.6. The van der Waals surface area contributed by atoms with E-state index < -0.39 is 146 Å². The average molecular weight is 1350 g/mol. The zero-order chi connectivity index (χ0) is 67.0. The van der Waals surface area contributed by atoms with Crippen molar-refractivity contribution in [1.82, 2.24) is 0 Å². The van der Waals surface area contributed by atoms with Gasteiger partial charge in [-0.3, -0.25) is 4.79 Å². The minimum atomic E-state index is -5.48. The van der Waals surface area contributed by atoms with Crippen LogP contribution in [0, 0.1) is 11.8 Å². The normalized spacial score (nSPS) is 20.1. The highest BCUT2D eigenvalue weighted by atomic mass is 19.3. The van der Waals surface area contributed by atoms with Gasteiger partial charge in [-0.15, -0.1) is 17.6 Å². The van der Waals surface area contributed by atoms with E-state index in [-0.39, 0.29) is 111 Å². The molecule has 10 unspecified atom stereocenters. The van der Waals surface area contributed by atoms with Crippen molar-refractivity contribution in [3.05, 3.63) is 0 Å². The first-order chi connectivity index (χ1) is 41.7. The Labute approximate surface area is 505 Å². The molecule has 0 aromatic rings. The van der Waals surface area contributed by atoms with Gasteiger partial charge in [0, 0.05) is 32.3 Å². The van der Waals surface area contributed by atoms with Gasteiger partial charge in [-0.2, -0.15) is 35.1 Å². The van der Waals surface area contributed by atoms with Gasteiger partial charge in [0.05, 0.1) is 118 Å². The lowest BCUT2D eigenvalue weighted by molar-refractivity contribution is -0.519. The van der Waals surface area contributed by atoms with Crippen LogP contribution < -0.4 is 11.5 Å². The van der Waals surface area contributed by atoms with Crippen LogP contribution in [0.5, 0.6) is 0 Å². The van der Waals surface area contributed by atoms with Crippen LogP contribution in [-0.2, 0) is 80.6 Å². The van der Waals surface area contributed by atoms with Crippen LogP contribution in [-0.4, -0.2) is 298 Å². The van der Waals surface area contributed by atoms with Crippen molar-refractivity contribution in [2.75, 3.05) is 165 Å². The number of carbonyl (C=O) groups is 1. The first-order valence-electron chi connectivity index (χ1n) is 28.1. The molecule has 10 atom stereocenters. The van der Waals surface area contributed by atoms with E-state index in [1.54, 1.807) is 0 Å². The molecule has 0 heterocycles. The summed E-state index contributed by atoms with van der Waals surface area (Å²) in [5.74, 6) is -0.338. The van der Waals surface area contributed by atoms with Crippen molar-refractivity contribution < 1.29 is 174 Å². The van der Waals surface area contributed by atoms with E-state index in [9.17, 15) is 88.1 Å². The lowest BCUT2D eigenvalue weighted by Crippen LogP contribution is -2.44. The summed E-state index contributed by atoms with van der Waals surface area (Å²) in [4.78, 5) is 11.2. The standard InChI is InChI=1S/C25H43F6NO13.C25H45F6NO12/c26-23(27,15-40-7-6-39-10-20(36)14-43-21-3-2-17(8-21)22(32)37)44-25(30,31)45-24(28,29)16-42-13-19(35)12-41-11-18(34)9-38-5-1-4-33;26-23(27,16-39-7-6-38-11-21(36)15-42-22-3-2-18(8-22)9-32)43-25(30,31)44-24(28,29)17-41-14-20(35)13-40-12-19(34)10-37-5-1-4-33/h17-21,33-36H,1-16H2,(H2,32,37);18-22,33-36H,1-17,32H2. The number of halogens is 12. The molecule has 2 rings (SSSR count). The molecule has 0 spiro atoms.